The van der Waals surface area contributed by atoms with Crippen LogP contribution in [0.5, 0.6) is 5.75 Å². The van der Waals surface area contributed by atoms with Gasteiger partial charge in [0.2, 0.25) is 0 Å². The van der Waals surface area contributed by atoms with Crippen LogP contribution in [0.4, 0.5) is 11.4 Å². The van der Waals surface area contributed by atoms with Gasteiger partial charge in [-0.1, -0.05) is 6.42 Å². The van der Waals surface area contributed by atoms with E-state index in [4.69, 9.17) is 4.74 Å². The summed E-state index contributed by atoms with van der Waals surface area (Å²) in [6.45, 7) is 2.24. The van der Waals surface area contributed by atoms with E-state index in [2.05, 4.69) is 10.2 Å². The molecule has 2 heterocycles. The lowest BCUT2D eigenvalue weighted by Gasteiger charge is -2.32. The molecule has 2 aliphatic rings. The Kier molecular flexibility index (Phi) is 3.96. The molecule has 1 N–H and O–H groups in total. The SMILES string of the molecule is COc1ccc([N+](=O)[O-])c(NC2CCN3CCCCC23)c1. The van der Waals surface area contributed by atoms with Gasteiger partial charge in [-0.2, -0.15) is 0 Å². The van der Waals surface area contributed by atoms with Crippen LogP contribution in [0.3, 0.4) is 0 Å². The number of hydrogen-bond donors (Lipinski definition) is 1. The van der Waals surface area contributed by atoms with Crippen molar-refractivity contribution in [3.63, 3.8) is 0 Å². The molecule has 1 aromatic carbocycles. The zero-order valence-electron chi connectivity index (χ0n) is 12.2. The fourth-order valence-electron chi connectivity index (χ4n) is 3.53. The number of hydrogen-bond acceptors (Lipinski definition) is 5. The number of piperidine rings is 1. The molecular formula is C15H21N3O3. The number of ether oxygens (including phenoxy) is 1. The Bertz CT molecular complexity index is 535. The van der Waals surface area contributed by atoms with Crippen LogP contribution in [0.25, 0.3) is 0 Å². The second kappa shape index (κ2) is 5.89. The molecule has 1 aromatic rings. The Morgan fingerprint density at radius 1 is 1.33 bits per heavy atom. The summed E-state index contributed by atoms with van der Waals surface area (Å²) >= 11 is 0. The minimum Gasteiger partial charge on any atom is -0.497 e. The van der Waals surface area contributed by atoms with Gasteiger partial charge in [-0.25, -0.2) is 0 Å². The van der Waals surface area contributed by atoms with Crippen molar-refractivity contribution in [2.75, 3.05) is 25.5 Å². The molecule has 3 rings (SSSR count). The van der Waals surface area contributed by atoms with Crippen molar-refractivity contribution in [2.45, 2.75) is 37.8 Å². The topological polar surface area (TPSA) is 67.6 Å². The normalized spacial score (nSPS) is 25.4. The van der Waals surface area contributed by atoms with E-state index >= 15 is 0 Å². The summed E-state index contributed by atoms with van der Waals surface area (Å²) in [5.41, 5.74) is 0.682. The Labute approximate surface area is 124 Å². The first-order valence-corrected chi connectivity index (χ1v) is 7.52. The number of nitro benzene ring substituents is 1. The van der Waals surface area contributed by atoms with E-state index in [0.717, 1.165) is 19.5 Å². The first kappa shape index (κ1) is 14.1. The fraction of sp³-hybridized carbons (Fsp3) is 0.600. The molecule has 2 unspecified atom stereocenters. The number of rotatable bonds is 4. The molecule has 114 valence electrons. The van der Waals surface area contributed by atoms with Crippen LogP contribution in [0, 0.1) is 10.1 Å². The van der Waals surface area contributed by atoms with E-state index in [1.165, 1.54) is 25.3 Å². The van der Waals surface area contributed by atoms with E-state index in [1.807, 2.05) is 0 Å². The molecule has 0 aliphatic carbocycles. The molecule has 6 nitrogen and oxygen atoms in total. The first-order valence-electron chi connectivity index (χ1n) is 7.52. The Morgan fingerprint density at radius 3 is 2.95 bits per heavy atom. The second-order valence-electron chi connectivity index (χ2n) is 5.78. The van der Waals surface area contributed by atoms with Gasteiger partial charge in [0.15, 0.2) is 0 Å². The molecule has 0 amide bonds. The number of methoxy groups -OCH3 is 1. The van der Waals surface area contributed by atoms with E-state index < -0.39 is 0 Å². The molecule has 2 saturated heterocycles. The number of anilines is 1. The van der Waals surface area contributed by atoms with Gasteiger partial charge < -0.3 is 10.1 Å². The molecule has 2 fully saturated rings. The fourth-order valence-corrected chi connectivity index (χ4v) is 3.53. The Morgan fingerprint density at radius 2 is 2.19 bits per heavy atom. The van der Waals surface area contributed by atoms with Crippen molar-refractivity contribution in [1.82, 2.24) is 4.90 Å². The molecule has 21 heavy (non-hydrogen) atoms. The standard InChI is InChI=1S/C15H21N3O3/c1-21-11-5-6-15(18(19)20)13(10-11)16-12-7-9-17-8-3-2-4-14(12)17/h5-6,10,12,14,16H,2-4,7-9H2,1H3. The third-order valence-electron chi connectivity index (χ3n) is 4.60. The van der Waals surface area contributed by atoms with E-state index in [9.17, 15) is 10.1 Å². The maximum absolute atomic E-state index is 11.2. The van der Waals surface area contributed by atoms with Crippen LogP contribution in [-0.4, -0.2) is 42.1 Å². The Balaban J connectivity index is 1.81. The van der Waals surface area contributed by atoms with Crippen LogP contribution < -0.4 is 10.1 Å². The number of nitrogens with zero attached hydrogens (tertiary/aromatic N) is 2. The van der Waals surface area contributed by atoms with E-state index in [-0.39, 0.29) is 16.7 Å². The highest BCUT2D eigenvalue weighted by Crippen LogP contribution is 2.34. The van der Waals surface area contributed by atoms with Gasteiger partial charge in [-0.15, -0.1) is 0 Å². The molecular weight excluding hydrogens is 270 g/mol. The van der Waals surface area contributed by atoms with Gasteiger partial charge >= 0.3 is 0 Å². The van der Waals surface area contributed by atoms with Crippen LogP contribution in [0.1, 0.15) is 25.7 Å². The number of benzene rings is 1. The molecule has 6 heteroatoms. The predicted molar refractivity (Wildman–Crippen MR) is 80.9 cm³/mol. The zero-order valence-corrected chi connectivity index (χ0v) is 12.2. The van der Waals surface area contributed by atoms with Gasteiger partial charge in [-0.05, 0) is 31.9 Å². The summed E-state index contributed by atoms with van der Waals surface area (Å²) in [6, 6.07) is 5.66. The third-order valence-corrected chi connectivity index (χ3v) is 4.60. The van der Waals surface area contributed by atoms with E-state index in [1.54, 1.807) is 19.2 Å². The maximum Gasteiger partial charge on any atom is 0.292 e. The quantitative estimate of drug-likeness (QED) is 0.682. The number of fused-ring (bicyclic) bond motifs is 1. The van der Waals surface area contributed by atoms with Crippen LogP contribution in [0.2, 0.25) is 0 Å². The second-order valence-corrected chi connectivity index (χ2v) is 5.78. The van der Waals surface area contributed by atoms with Crippen LogP contribution in [-0.2, 0) is 0 Å². The van der Waals surface area contributed by atoms with Gasteiger partial charge in [0.05, 0.1) is 12.0 Å². The minimum absolute atomic E-state index is 0.116. The molecule has 2 aliphatic heterocycles. The summed E-state index contributed by atoms with van der Waals surface area (Å²) in [5.74, 6) is 0.640. The largest absolute Gasteiger partial charge is 0.497 e. The van der Waals surface area contributed by atoms with Crippen molar-refractivity contribution in [3.8, 4) is 5.75 Å². The van der Waals surface area contributed by atoms with Crippen molar-refractivity contribution in [2.24, 2.45) is 0 Å². The average molecular weight is 291 g/mol. The van der Waals surface area contributed by atoms with Gasteiger partial charge in [-0.3, -0.25) is 15.0 Å². The smallest absolute Gasteiger partial charge is 0.292 e. The lowest BCUT2D eigenvalue weighted by molar-refractivity contribution is -0.384. The Hall–Kier alpha value is -1.82. The van der Waals surface area contributed by atoms with Crippen LogP contribution >= 0.6 is 0 Å². The van der Waals surface area contributed by atoms with Crippen molar-refractivity contribution >= 4 is 11.4 Å². The highest BCUT2D eigenvalue weighted by atomic mass is 16.6. The van der Waals surface area contributed by atoms with Crippen molar-refractivity contribution < 1.29 is 9.66 Å². The number of nitro groups is 1. The molecule has 0 saturated carbocycles. The molecule has 0 radical (unpaired) electrons. The maximum atomic E-state index is 11.2. The predicted octanol–water partition coefficient (Wildman–Crippen LogP) is 2.64. The minimum atomic E-state index is -0.338. The van der Waals surface area contributed by atoms with Crippen molar-refractivity contribution in [1.29, 1.82) is 0 Å². The summed E-state index contributed by atoms with van der Waals surface area (Å²) in [6.07, 6.45) is 4.73. The number of nitrogens with one attached hydrogen (secondary N) is 1. The molecule has 0 aromatic heterocycles. The molecule has 2 atom stereocenters. The van der Waals surface area contributed by atoms with Crippen molar-refractivity contribution in [3.05, 3.63) is 28.3 Å². The van der Waals surface area contributed by atoms with Gasteiger partial charge in [0.25, 0.3) is 5.69 Å². The molecule has 0 spiro atoms. The lowest BCUT2D eigenvalue weighted by atomic mass is 9.99. The first-order chi connectivity index (χ1) is 10.2. The zero-order chi connectivity index (χ0) is 14.8. The summed E-state index contributed by atoms with van der Waals surface area (Å²) in [7, 11) is 1.57. The third kappa shape index (κ3) is 2.81. The van der Waals surface area contributed by atoms with Gasteiger partial charge in [0.1, 0.15) is 11.4 Å². The summed E-state index contributed by atoms with van der Waals surface area (Å²) in [5, 5.41) is 14.6. The lowest BCUT2D eigenvalue weighted by Crippen LogP contribution is -2.41. The highest BCUT2D eigenvalue weighted by molar-refractivity contribution is 5.64. The highest BCUT2D eigenvalue weighted by Gasteiger charge is 2.36. The van der Waals surface area contributed by atoms with E-state index in [0.29, 0.717) is 17.5 Å². The summed E-state index contributed by atoms with van der Waals surface area (Å²) in [4.78, 5) is 13.4. The molecule has 0 bridgehead atoms. The summed E-state index contributed by atoms with van der Waals surface area (Å²) < 4.78 is 5.19. The van der Waals surface area contributed by atoms with Crippen LogP contribution in [0.15, 0.2) is 18.2 Å². The average Bonchev–Trinajstić information content (AvgIpc) is 2.90. The van der Waals surface area contributed by atoms with Gasteiger partial charge in [0, 0.05) is 30.8 Å². The monoisotopic (exact) mass is 291 g/mol.